The molecule has 2 amide bonds. The third kappa shape index (κ3) is 4.08. The zero-order chi connectivity index (χ0) is 21.5. The Labute approximate surface area is 185 Å². The lowest BCUT2D eigenvalue weighted by Gasteiger charge is -2.32. The summed E-state index contributed by atoms with van der Waals surface area (Å²) in [6.07, 6.45) is 3.41. The molecule has 0 radical (unpaired) electrons. The molecule has 0 spiro atoms. The molecule has 1 aromatic heterocycles. The van der Waals surface area contributed by atoms with Crippen molar-refractivity contribution in [3.05, 3.63) is 29.3 Å². The summed E-state index contributed by atoms with van der Waals surface area (Å²) in [6, 6.07) is 5.36. The Morgan fingerprint density at radius 2 is 1.97 bits per heavy atom. The fourth-order valence-corrected chi connectivity index (χ4v) is 7.03. The summed E-state index contributed by atoms with van der Waals surface area (Å²) >= 11 is 7.27. The molecule has 1 N–H and O–H groups in total. The lowest BCUT2D eigenvalue weighted by Crippen LogP contribution is -2.51. The Morgan fingerprint density at radius 3 is 2.67 bits per heavy atom. The van der Waals surface area contributed by atoms with Gasteiger partial charge in [-0.1, -0.05) is 17.7 Å². The van der Waals surface area contributed by atoms with E-state index in [1.54, 1.807) is 30.0 Å². The fourth-order valence-electron chi connectivity index (χ4n) is 4.09. The summed E-state index contributed by atoms with van der Waals surface area (Å²) in [6.45, 7) is 3.51. The molecule has 30 heavy (non-hydrogen) atoms. The van der Waals surface area contributed by atoms with E-state index in [2.05, 4.69) is 4.72 Å². The highest BCUT2D eigenvalue weighted by molar-refractivity contribution is 7.91. The van der Waals surface area contributed by atoms with Crippen molar-refractivity contribution in [1.29, 1.82) is 0 Å². The predicted octanol–water partition coefficient (Wildman–Crippen LogP) is 2.83. The van der Waals surface area contributed by atoms with Crippen LogP contribution in [0.15, 0.2) is 28.5 Å². The Balaban J connectivity index is 1.46. The number of amides is 2. The number of carbonyl (C=O) groups is 2. The van der Waals surface area contributed by atoms with Crippen molar-refractivity contribution in [3.63, 3.8) is 0 Å². The highest BCUT2D eigenvalue weighted by atomic mass is 35.5. The van der Waals surface area contributed by atoms with Crippen LogP contribution >= 0.6 is 22.9 Å². The van der Waals surface area contributed by atoms with Crippen LogP contribution in [0.4, 0.5) is 0 Å². The van der Waals surface area contributed by atoms with Gasteiger partial charge in [0.25, 0.3) is 10.0 Å². The van der Waals surface area contributed by atoms with Crippen LogP contribution in [-0.4, -0.2) is 61.7 Å². The standard InChI is InChI=1S/C20H24ClN3O4S2/c1-13(19(25)23-9-3-2-4-10-23)24-11-8-16(20(24)26)22-30(27,28)18-12-14-15(21)6-5-7-17(14)29-18/h5-7,12-13,16,22H,2-4,8-11H2,1H3/t13-,16?/m0/s1. The molecule has 0 saturated carbocycles. The van der Waals surface area contributed by atoms with E-state index < -0.39 is 22.1 Å². The van der Waals surface area contributed by atoms with Crippen LogP contribution < -0.4 is 4.72 Å². The summed E-state index contributed by atoms with van der Waals surface area (Å²) in [5, 5.41) is 1.16. The molecule has 1 aromatic carbocycles. The summed E-state index contributed by atoms with van der Waals surface area (Å²) < 4.78 is 29.2. The second-order valence-corrected chi connectivity index (χ2v) is 11.2. The van der Waals surface area contributed by atoms with Gasteiger partial charge >= 0.3 is 0 Å². The molecule has 162 valence electrons. The van der Waals surface area contributed by atoms with E-state index in [1.807, 2.05) is 0 Å². The summed E-state index contributed by atoms with van der Waals surface area (Å²) in [7, 11) is -3.88. The van der Waals surface area contributed by atoms with Crippen molar-refractivity contribution in [2.24, 2.45) is 0 Å². The molecule has 2 fully saturated rings. The Hall–Kier alpha value is -1.68. The molecular weight excluding hydrogens is 446 g/mol. The second kappa shape index (κ2) is 8.45. The minimum atomic E-state index is -3.88. The van der Waals surface area contributed by atoms with Crippen molar-refractivity contribution < 1.29 is 18.0 Å². The molecule has 1 unspecified atom stereocenters. The van der Waals surface area contributed by atoms with E-state index >= 15 is 0 Å². The van der Waals surface area contributed by atoms with E-state index in [4.69, 9.17) is 11.6 Å². The zero-order valence-corrected chi connectivity index (χ0v) is 19.0. The number of hydrogen-bond acceptors (Lipinski definition) is 5. The summed E-state index contributed by atoms with van der Waals surface area (Å²) in [5.74, 6) is -0.415. The van der Waals surface area contributed by atoms with Crippen molar-refractivity contribution in [2.75, 3.05) is 19.6 Å². The van der Waals surface area contributed by atoms with Gasteiger partial charge < -0.3 is 9.80 Å². The highest BCUT2D eigenvalue weighted by Gasteiger charge is 2.40. The van der Waals surface area contributed by atoms with Gasteiger partial charge in [0.05, 0.1) is 0 Å². The van der Waals surface area contributed by atoms with Gasteiger partial charge in [0, 0.05) is 34.7 Å². The van der Waals surface area contributed by atoms with Crippen LogP contribution in [0.2, 0.25) is 5.02 Å². The van der Waals surface area contributed by atoms with Gasteiger partial charge in [-0.25, -0.2) is 8.42 Å². The molecular formula is C20H24ClN3O4S2. The van der Waals surface area contributed by atoms with Gasteiger partial charge in [0.2, 0.25) is 11.8 Å². The lowest BCUT2D eigenvalue weighted by atomic mass is 10.1. The van der Waals surface area contributed by atoms with Crippen molar-refractivity contribution >= 4 is 54.9 Å². The van der Waals surface area contributed by atoms with E-state index in [-0.39, 0.29) is 16.0 Å². The smallest absolute Gasteiger partial charge is 0.250 e. The first-order valence-electron chi connectivity index (χ1n) is 10.1. The van der Waals surface area contributed by atoms with Crippen LogP contribution in [0.25, 0.3) is 10.1 Å². The van der Waals surface area contributed by atoms with E-state index in [0.717, 1.165) is 48.4 Å². The normalized spacial score (nSPS) is 21.4. The highest BCUT2D eigenvalue weighted by Crippen LogP contribution is 2.33. The minimum absolute atomic E-state index is 0.0642. The summed E-state index contributed by atoms with van der Waals surface area (Å²) in [4.78, 5) is 28.9. The monoisotopic (exact) mass is 469 g/mol. The fraction of sp³-hybridized carbons (Fsp3) is 0.500. The number of thiophene rings is 1. The molecule has 0 aliphatic carbocycles. The molecule has 10 heteroatoms. The van der Waals surface area contributed by atoms with Crippen LogP contribution in [-0.2, 0) is 19.6 Å². The number of fused-ring (bicyclic) bond motifs is 1. The molecule has 0 bridgehead atoms. The Bertz CT molecular complexity index is 1080. The zero-order valence-electron chi connectivity index (χ0n) is 16.6. The van der Waals surface area contributed by atoms with Gasteiger partial charge in [0.1, 0.15) is 16.3 Å². The van der Waals surface area contributed by atoms with Crippen LogP contribution in [0, 0.1) is 0 Å². The Morgan fingerprint density at radius 1 is 1.23 bits per heavy atom. The van der Waals surface area contributed by atoms with Gasteiger partial charge in [-0.05, 0) is 50.8 Å². The molecule has 2 saturated heterocycles. The maximum atomic E-state index is 12.9. The summed E-state index contributed by atoms with van der Waals surface area (Å²) in [5.41, 5.74) is 0. The number of nitrogens with zero attached hydrogens (tertiary/aromatic N) is 2. The maximum Gasteiger partial charge on any atom is 0.250 e. The first kappa shape index (κ1) is 21.5. The number of sulfonamides is 1. The molecule has 2 atom stereocenters. The number of benzene rings is 1. The second-order valence-electron chi connectivity index (χ2n) is 7.77. The molecule has 2 aromatic rings. The largest absolute Gasteiger partial charge is 0.341 e. The molecule has 3 heterocycles. The van der Waals surface area contributed by atoms with Gasteiger partial charge in [-0.15, -0.1) is 11.3 Å². The van der Waals surface area contributed by atoms with E-state index in [0.29, 0.717) is 23.4 Å². The van der Waals surface area contributed by atoms with Crippen molar-refractivity contribution in [3.8, 4) is 0 Å². The molecule has 2 aliphatic heterocycles. The van der Waals surface area contributed by atoms with Gasteiger partial charge in [0.15, 0.2) is 0 Å². The van der Waals surface area contributed by atoms with E-state index in [1.165, 1.54) is 11.0 Å². The number of carbonyl (C=O) groups excluding carboxylic acids is 2. The third-order valence-electron chi connectivity index (χ3n) is 5.78. The lowest BCUT2D eigenvalue weighted by molar-refractivity contribution is -0.143. The van der Waals surface area contributed by atoms with Crippen LogP contribution in [0.1, 0.15) is 32.6 Å². The number of likely N-dealkylation sites (tertiary alicyclic amines) is 2. The molecule has 2 aliphatic rings. The number of hydrogen-bond donors (Lipinski definition) is 1. The first-order chi connectivity index (χ1) is 14.3. The number of halogens is 1. The van der Waals surface area contributed by atoms with Gasteiger partial charge in [-0.2, -0.15) is 4.72 Å². The predicted molar refractivity (Wildman–Crippen MR) is 117 cm³/mol. The van der Waals surface area contributed by atoms with Crippen LogP contribution in [0.3, 0.4) is 0 Å². The topological polar surface area (TPSA) is 86.8 Å². The minimum Gasteiger partial charge on any atom is -0.341 e. The Kier molecular flexibility index (Phi) is 6.07. The quantitative estimate of drug-likeness (QED) is 0.729. The van der Waals surface area contributed by atoms with Gasteiger partial charge in [-0.3, -0.25) is 9.59 Å². The number of piperidine rings is 1. The first-order valence-corrected chi connectivity index (χ1v) is 12.8. The van der Waals surface area contributed by atoms with E-state index in [9.17, 15) is 18.0 Å². The third-order valence-corrected chi connectivity index (χ3v) is 9.16. The molecule has 7 nitrogen and oxygen atoms in total. The number of nitrogens with one attached hydrogen (secondary N) is 1. The van der Waals surface area contributed by atoms with Crippen molar-refractivity contribution in [1.82, 2.24) is 14.5 Å². The molecule has 4 rings (SSSR count). The number of rotatable bonds is 5. The average molecular weight is 470 g/mol. The SMILES string of the molecule is C[C@@H](C(=O)N1CCCCC1)N1CCC(NS(=O)(=O)c2cc3c(Cl)cccc3s2)C1=O. The van der Waals surface area contributed by atoms with Crippen molar-refractivity contribution in [2.45, 2.75) is 48.9 Å². The maximum absolute atomic E-state index is 12.9. The average Bonchev–Trinajstić information content (AvgIpc) is 3.33. The van der Waals surface area contributed by atoms with Crippen LogP contribution in [0.5, 0.6) is 0 Å².